The van der Waals surface area contributed by atoms with E-state index in [9.17, 15) is 4.79 Å². The number of carbonyl (C=O) groups excluding carboxylic acids is 1. The van der Waals surface area contributed by atoms with Gasteiger partial charge in [-0.05, 0) is 37.0 Å². The lowest BCUT2D eigenvalue weighted by Gasteiger charge is -2.24. The standard InChI is InChI=1S/C16H21N3O/c1-10(2)9-19(12-4-5-12)16(20)14-8-18-15-7-11(17)3-6-13(14)15/h3,6-8,10,12,18H,4-5,9,17H2,1-2H3. The fraction of sp³-hybridized carbons (Fsp3) is 0.438. The minimum atomic E-state index is 0.136. The van der Waals surface area contributed by atoms with Crippen LogP contribution in [0.2, 0.25) is 0 Å². The van der Waals surface area contributed by atoms with Gasteiger partial charge in [0.15, 0.2) is 0 Å². The SMILES string of the molecule is CC(C)CN(C(=O)c1c[nH]c2cc(N)ccc12)C1CC1. The van der Waals surface area contributed by atoms with E-state index in [4.69, 9.17) is 5.73 Å². The minimum Gasteiger partial charge on any atom is -0.399 e. The van der Waals surface area contributed by atoms with Gasteiger partial charge in [-0.25, -0.2) is 0 Å². The Morgan fingerprint density at radius 1 is 1.45 bits per heavy atom. The van der Waals surface area contributed by atoms with Gasteiger partial charge in [0.2, 0.25) is 0 Å². The highest BCUT2D eigenvalue weighted by molar-refractivity contribution is 6.07. The zero-order valence-electron chi connectivity index (χ0n) is 12.0. The van der Waals surface area contributed by atoms with Gasteiger partial charge in [0, 0.05) is 35.4 Å². The smallest absolute Gasteiger partial charge is 0.256 e. The lowest BCUT2D eigenvalue weighted by Crippen LogP contribution is -2.36. The number of carbonyl (C=O) groups is 1. The van der Waals surface area contributed by atoms with Crippen LogP contribution in [0.3, 0.4) is 0 Å². The molecule has 0 atom stereocenters. The van der Waals surface area contributed by atoms with E-state index in [2.05, 4.69) is 18.8 Å². The molecule has 1 saturated carbocycles. The lowest BCUT2D eigenvalue weighted by molar-refractivity contribution is 0.0724. The molecule has 3 N–H and O–H groups in total. The summed E-state index contributed by atoms with van der Waals surface area (Å²) in [6, 6.07) is 6.07. The van der Waals surface area contributed by atoms with Crippen LogP contribution in [0.5, 0.6) is 0 Å². The van der Waals surface area contributed by atoms with Crippen molar-refractivity contribution in [3.63, 3.8) is 0 Å². The Hall–Kier alpha value is -1.97. The molecule has 2 aromatic rings. The van der Waals surface area contributed by atoms with Crippen LogP contribution in [0.15, 0.2) is 24.4 Å². The van der Waals surface area contributed by atoms with Crippen LogP contribution in [-0.4, -0.2) is 28.4 Å². The van der Waals surface area contributed by atoms with E-state index in [1.807, 2.05) is 29.3 Å². The van der Waals surface area contributed by atoms with Crippen LogP contribution in [-0.2, 0) is 0 Å². The van der Waals surface area contributed by atoms with Crippen molar-refractivity contribution in [2.45, 2.75) is 32.7 Å². The Balaban J connectivity index is 1.94. The second-order valence-corrected chi connectivity index (χ2v) is 6.09. The number of amides is 1. The first kappa shape index (κ1) is 13.0. The monoisotopic (exact) mass is 271 g/mol. The molecule has 4 heteroatoms. The van der Waals surface area contributed by atoms with E-state index in [1.54, 1.807) is 0 Å². The van der Waals surface area contributed by atoms with Crippen molar-refractivity contribution < 1.29 is 4.79 Å². The van der Waals surface area contributed by atoms with E-state index in [0.29, 0.717) is 17.6 Å². The van der Waals surface area contributed by atoms with Gasteiger partial charge >= 0.3 is 0 Å². The molecular weight excluding hydrogens is 250 g/mol. The molecular formula is C16H21N3O. The third kappa shape index (κ3) is 2.38. The molecule has 4 nitrogen and oxygen atoms in total. The molecule has 1 aliphatic rings. The summed E-state index contributed by atoms with van der Waals surface area (Å²) in [7, 11) is 0. The molecule has 1 aromatic heterocycles. The summed E-state index contributed by atoms with van der Waals surface area (Å²) in [6.07, 6.45) is 4.07. The van der Waals surface area contributed by atoms with E-state index in [0.717, 1.165) is 35.9 Å². The highest BCUT2D eigenvalue weighted by Crippen LogP contribution is 2.31. The molecule has 1 amide bonds. The number of benzene rings is 1. The quantitative estimate of drug-likeness (QED) is 0.840. The molecule has 1 aliphatic carbocycles. The summed E-state index contributed by atoms with van der Waals surface area (Å²) in [5.41, 5.74) is 8.17. The number of anilines is 1. The summed E-state index contributed by atoms with van der Waals surface area (Å²) >= 11 is 0. The summed E-state index contributed by atoms with van der Waals surface area (Å²) in [4.78, 5) is 18.0. The van der Waals surface area contributed by atoms with Gasteiger partial charge in [0.25, 0.3) is 5.91 Å². The average Bonchev–Trinajstić information content (AvgIpc) is 3.15. The first-order chi connectivity index (χ1) is 9.56. The van der Waals surface area contributed by atoms with Crippen molar-refractivity contribution in [2.24, 2.45) is 5.92 Å². The molecule has 20 heavy (non-hydrogen) atoms. The minimum absolute atomic E-state index is 0.136. The Kier molecular flexibility index (Phi) is 3.16. The predicted molar refractivity (Wildman–Crippen MR) is 81.6 cm³/mol. The summed E-state index contributed by atoms with van der Waals surface area (Å²) in [5, 5.41) is 0.957. The number of H-pyrrole nitrogens is 1. The molecule has 106 valence electrons. The van der Waals surface area contributed by atoms with Gasteiger partial charge in [0.1, 0.15) is 0 Å². The Morgan fingerprint density at radius 3 is 2.85 bits per heavy atom. The summed E-state index contributed by atoms with van der Waals surface area (Å²) in [6.45, 7) is 5.13. The highest BCUT2D eigenvalue weighted by atomic mass is 16.2. The number of nitrogens with two attached hydrogens (primary N) is 1. The molecule has 0 unspecified atom stereocenters. The number of rotatable bonds is 4. The first-order valence-corrected chi connectivity index (χ1v) is 7.24. The van der Waals surface area contributed by atoms with Crippen LogP contribution in [0, 0.1) is 5.92 Å². The first-order valence-electron chi connectivity index (χ1n) is 7.24. The van der Waals surface area contributed by atoms with Crippen molar-refractivity contribution in [1.29, 1.82) is 0 Å². The molecule has 0 radical (unpaired) electrons. The molecule has 0 bridgehead atoms. The summed E-state index contributed by atoms with van der Waals surface area (Å²) < 4.78 is 0. The molecule has 1 fully saturated rings. The second kappa shape index (κ2) is 4.85. The molecule has 0 aliphatic heterocycles. The van der Waals surface area contributed by atoms with E-state index < -0.39 is 0 Å². The highest BCUT2D eigenvalue weighted by Gasteiger charge is 2.34. The van der Waals surface area contributed by atoms with Crippen LogP contribution < -0.4 is 5.73 Å². The van der Waals surface area contributed by atoms with Crippen molar-refractivity contribution in [3.05, 3.63) is 30.0 Å². The fourth-order valence-electron chi connectivity index (χ4n) is 2.65. The molecule has 0 saturated heterocycles. The van der Waals surface area contributed by atoms with Gasteiger partial charge in [-0.1, -0.05) is 13.8 Å². The molecule has 1 aromatic carbocycles. The normalized spacial score (nSPS) is 14.9. The third-order valence-electron chi connectivity index (χ3n) is 3.75. The molecule has 0 spiro atoms. The van der Waals surface area contributed by atoms with E-state index in [1.165, 1.54) is 0 Å². The van der Waals surface area contributed by atoms with Gasteiger partial charge in [0.05, 0.1) is 5.56 Å². The Bertz CT molecular complexity index is 640. The number of hydrogen-bond donors (Lipinski definition) is 2. The molecule has 1 heterocycles. The maximum absolute atomic E-state index is 12.8. The number of nitrogens with one attached hydrogen (secondary N) is 1. The number of hydrogen-bond acceptors (Lipinski definition) is 2. The van der Waals surface area contributed by atoms with Crippen molar-refractivity contribution in [2.75, 3.05) is 12.3 Å². The van der Waals surface area contributed by atoms with Crippen LogP contribution in [0.25, 0.3) is 10.9 Å². The lowest BCUT2D eigenvalue weighted by atomic mass is 10.1. The fourth-order valence-corrected chi connectivity index (χ4v) is 2.65. The molecule has 3 rings (SSSR count). The number of fused-ring (bicyclic) bond motifs is 1. The number of aromatic amines is 1. The predicted octanol–water partition coefficient (Wildman–Crippen LogP) is 3.01. The van der Waals surface area contributed by atoms with Crippen molar-refractivity contribution >= 4 is 22.5 Å². The zero-order valence-corrected chi connectivity index (χ0v) is 12.0. The maximum atomic E-state index is 12.8. The summed E-state index contributed by atoms with van der Waals surface area (Å²) in [5.74, 6) is 0.623. The van der Waals surface area contributed by atoms with Gasteiger partial charge in [-0.3, -0.25) is 4.79 Å². The number of aromatic nitrogens is 1. The maximum Gasteiger partial charge on any atom is 0.256 e. The van der Waals surface area contributed by atoms with Crippen LogP contribution in [0.1, 0.15) is 37.0 Å². The zero-order chi connectivity index (χ0) is 14.3. The number of nitrogen functional groups attached to an aromatic ring is 1. The van der Waals surface area contributed by atoms with E-state index in [-0.39, 0.29) is 5.91 Å². The second-order valence-electron chi connectivity index (χ2n) is 6.09. The average molecular weight is 271 g/mol. The van der Waals surface area contributed by atoms with Gasteiger partial charge < -0.3 is 15.6 Å². The Labute approximate surface area is 118 Å². The third-order valence-corrected chi connectivity index (χ3v) is 3.75. The topological polar surface area (TPSA) is 62.1 Å². The van der Waals surface area contributed by atoms with Gasteiger partial charge in [-0.15, -0.1) is 0 Å². The Morgan fingerprint density at radius 2 is 2.20 bits per heavy atom. The number of nitrogens with zero attached hydrogens (tertiary/aromatic N) is 1. The van der Waals surface area contributed by atoms with Crippen LogP contribution in [0.4, 0.5) is 5.69 Å². The van der Waals surface area contributed by atoms with Crippen molar-refractivity contribution in [1.82, 2.24) is 9.88 Å². The van der Waals surface area contributed by atoms with Crippen LogP contribution >= 0.6 is 0 Å². The van der Waals surface area contributed by atoms with Gasteiger partial charge in [-0.2, -0.15) is 0 Å². The largest absolute Gasteiger partial charge is 0.399 e. The van der Waals surface area contributed by atoms with E-state index >= 15 is 0 Å². The van der Waals surface area contributed by atoms with Crippen molar-refractivity contribution in [3.8, 4) is 0 Å².